The molecular formula is C20H16Cl2N2O4S2. The van der Waals surface area contributed by atoms with Crippen LogP contribution < -0.4 is 10.6 Å². The van der Waals surface area contributed by atoms with E-state index >= 15 is 0 Å². The fourth-order valence-electron chi connectivity index (χ4n) is 3.76. The number of carboxylic acids is 1. The second-order valence-electron chi connectivity index (χ2n) is 7.02. The van der Waals surface area contributed by atoms with E-state index < -0.39 is 15.8 Å². The average Bonchev–Trinajstić information content (AvgIpc) is 3.07. The summed E-state index contributed by atoms with van der Waals surface area (Å²) in [5.41, 5.74) is 3.91. The molecule has 10 heteroatoms. The quantitative estimate of drug-likeness (QED) is 0.707. The molecular weight excluding hydrogens is 467 g/mol. The zero-order chi connectivity index (χ0) is 21.6. The van der Waals surface area contributed by atoms with Gasteiger partial charge in [-0.3, -0.25) is 4.79 Å². The van der Waals surface area contributed by atoms with Crippen LogP contribution >= 0.6 is 35.0 Å². The Morgan fingerprint density at radius 2 is 2.13 bits per heavy atom. The minimum absolute atomic E-state index is 0.0426. The van der Waals surface area contributed by atoms with Crippen LogP contribution in [0.15, 0.2) is 39.1 Å². The van der Waals surface area contributed by atoms with Gasteiger partial charge in [0.25, 0.3) is 0 Å². The molecule has 1 aromatic heterocycles. The van der Waals surface area contributed by atoms with Gasteiger partial charge >= 0.3 is 5.97 Å². The molecule has 1 atom stereocenters. The number of benzene rings is 1. The number of fused-ring (bicyclic) bond motifs is 3. The van der Waals surface area contributed by atoms with Gasteiger partial charge in [-0.05, 0) is 24.6 Å². The molecule has 0 spiro atoms. The van der Waals surface area contributed by atoms with Crippen LogP contribution in [0.3, 0.4) is 0 Å². The van der Waals surface area contributed by atoms with Gasteiger partial charge in [-0.25, -0.2) is 13.4 Å². The predicted octanol–water partition coefficient (Wildman–Crippen LogP) is 3.04. The van der Waals surface area contributed by atoms with E-state index in [-0.39, 0.29) is 17.4 Å². The summed E-state index contributed by atoms with van der Waals surface area (Å²) < 4.78 is 27.1. The van der Waals surface area contributed by atoms with E-state index in [0.717, 1.165) is 16.8 Å². The molecule has 4 rings (SSSR count). The van der Waals surface area contributed by atoms with Gasteiger partial charge in [0.1, 0.15) is 0 Å². The molecule has 0 amide bonds. The number of sulfone groups is 1. The first-order chi connectivity index (χ1) is 14.2. The lowest BCUT2D eigenvalue weighted by atomic mass is 10.0. The number of carboxylic acid groups (broad SMARTS) is 1. The van der Waals surface area contributed by atoms with Crippen LogP contribution in [0.25, 0.3) is 10.8 Å². The maximum absolute atomic E-state index is 12.5. The fourth-order valence-corrected chi connectivity index (χ4v) is 6.23. The highest BCUT2D eigenvalue weighted by molar-refractivity contribution is 8.00. The molecule has 2 aliphatic heterocycles. The number of aliphatic imine (C=N–C) groups is 1. The molecule has 156 valence electrons. The highest BCUT2D eigenvalue weighted by Crippen LogP contribution is 2.40. The molecule has 0 aliphatic carbocycles. The van der Waals surface area contributed by atoms with Crippen molar-refractivity contribution in [2.45, 2.75) is 35.1 Å². The molecule has 0 fully saturated rings. The van der Waals surface area contributed by atoms with E-state index in [4.69, 9.17) is 23.2 Å². The lowest BCUT2D eigenvalue weighted by Crippen LogP contribution is -2.31. The van der Waals surface area contributed by atoms with Crippen molar-refractivity contribution in [3.8, 4) is 0 Å². The topological polar surface area (TPSA) is 88.7 Å². The van der Waals surface area contributed by atoms with Gasteiger partial charge in [0.2, 0.25) is 0 Å². The van der Waals surface area contributed by atoms with E-state index in [1.165, 1.54) is 18.0 Å². The van der Waals surface area contributed by atoms with Crippen LogP contribution in [0.1, 0.15) is 24.5 Å². The number of nitrogens with zero attached hydrogens (tertiary/aromatic N) is 2. The van der Waals surface area contributed by atoms with Crippen molar-refractivity contribution in [1.82, 2.24) is 4.57 Å². The highest BCUT2D eigenvalue weighted by Gasteiger charge is 2.32. The Kier molecular flexibility index (Phi) is 5.64. The Bertz CT molecular complexity index is 1370. The number of hydrogen-bond donors (Lipinski definition) is 1. The van der Waals surface area contributed by atoms with Crippen molar-refractivity contribution in [3.63, 3.8) is 0 Å². The molecule has 6 nitrogen and oxygen atoms in total. The molecule has 2 aliphatic rings. The number of rotatable bonds is 5. The normalized spacial score (nSPS) is 17.4. The van der Waals surface area contributed by atoms with Gasteiger partial charge in [0.15, 0.2) is 14.9 Å². The number of carbonyl (C=O) groups is 1. The van der Waals surface area contributed by atoms with Gasteiger partial charge in [-0.2, -0.15) is 0 Å². The molecule has 0 saturated heterocycles. The van der Waals surface area contributed by atoms with Crippen LogP contribution in [0, 0.1) is 0 Å². The van der Waals surface area contributed by atoms with Crippen LogP contribution in [-0.2, 0) is 21.2 Å². The average molecular weight is 483 g/mol. The summed E-state index contributed by atoms with van der Waals surface area (Å²) in [7, 11) is -3.65. The molecule has 1 aromatic carbocycles. The Labute approximate surface area is 187 Å². The summed E-state index contributed by atoms with van der Waals surface area (Å²) in [6.07, 6.45) is 4.70. The number of aliphatic carboxylic acids is 1. The maximum Gasteiger partial charge on any atom is 0.304 e. The van der Waals surface area contributed by atoms with Crippen LogP contribution in [-0.4, -0.2) is 36.5 Å². The van der Waals surface area contributed by atoms with Gasteiger partial charge in [0, 0.05) is 46.5 Å². The summed E-state index contributed by atoms with van der Waals surface area (Å²) in [6.45, 7) is 0.579. The molecule has 0 saturated carbocycles. The summed E-state index contributed by atoms with van der Waals surface area (Å²) in [4.78, 5) is 17.0. The number of allylic oxidation sites excluding steroid dienone is 1. The lowest BCUT2D eigenvalue weighted by Gasteiger charge is -2.11. The van der Waals surface area contributed by atoms with Crippen molar-refractivity contribution in [2.24, 2.45) is 4.99 Å². The van der Waals surface area contributed by atoms with Crippen molar-refractivity contribution in [3.05, 3.63) is 50.6 Å². The Morgan fingerprint density at radius 1 is 1.37 bits per heavy atom. The minimum Gasteiger partial charge on any atom is -0.481 e. The molecule has 0 bridgehead atoms. The van der Waals surface area contributed by atoms with E-state index in [9.17, 15) is 18.3 Å². The molecule has 1 unspecified atom stereocenters. The fraction of sp³-hybridized carbons (Fsp3) is 0.250. The predicted molar refractivity (Wildman–Crippen MR) is 119 cm³/mol. The van der Waals surface area contributed by atoms with Crippen LogP contribution in [0.5, 0.6) is 0 Å². The van der Waals surface area contributed by atoms with Crippen molar-refractivity contribution in [1.29, 1.82) is 0 Å². The zero-order valence-electron chi connectivity index (χ0n) is 15.7. The SMILES string of the molecule is CS(=O)(=O)C1=c2c(Sc3ccc(Cl)c(Cl)c3)c3n(c2=C=CC=N1)CCC3CC(=O)O. The van der Waals surface area contributed by atoms with E-state index in [1.54, 1.807) is 24.3 Å². The van der Waals surface area contributed by atoms with Crippen molar-refractivity contribution >= 4 is 67.7 Å². The molecule has 1 N–H and O–H groups in total. The molecule has 3 heterocycles. The third-order valence-electron chi connectivity index (χ3n) is 4.93. The minimum atomic E-state index is -3.65. The second kappa shape index (κ2) is 7.94. The van der Waals surface area contributed by atoms with Gasteiger partial charge in [-0.15, -0.1) is 0 Å². The first kappa shape index (κ1) is 21.3. The number of hydrogen-bond acceptors (Lipinski definition) is 5. The van der Waals surface area contributed by atoms with Gasteiger partial charge in [0.05, 0.1) is 27.0 Å². The summed E-state index contributed by atoms with van der Waals surface area (Å²) in [5, 5.41) is 11.2. The standard InChI is InChI=1S/C20H16Cl2N2O4S2/c1-30(27,28)20-17-15(3-2-7-23-20)24-8-6-11(9-16(25)26)18(24)19(17)29-12-4-5-13(21)14(22)10-12/h2,4-5,7,10-11H,6,8-9H2,1H3,(H,25,26). The Hall–Kier alpha value is -1.96. The molecule has 30 heavy (non-hydrogen) atoms. The first-order valence-electron chi connectivity index (χ1n) is 8.97. The lowest BCUT2D eigenvalue weighted by molar-refractivity contribution is -0.137. The first-order valence-corrected chi connectivity index (χ1v) is 12.4. The zero-order valence-corrected chi connectivity index (χ0v) is 18.9. The third-order valence-corrected chi connectivity index (χ3v) is 7.79. The number of aromatic nitrogens is 1. The molecule has 2 aromatic rings. The summed E-state index contributed by atoms with van der Waals surface area (Å²) in [5.74, 6) is -1.15. The number of halogens is 2. The van der Waals surface area contributed by atoms with E-state index in [2.05, 4.69) is 10.7 Å². The molecule has 0 radical (unpaired) electrons. The summed E-state index contributed by atoms with van der Waals surface area (Å²) in [6, 6.07) is 5.16. The highest BCUT2D eigenvalue weighted by atomic mass is 35.5. The smallest absolute Gasteiger partial charge is 0.304 e. The Balaban J connectivity index is 2.06. The van der Waals surface area contributed by atoms with Crippen molar-refractivity contribution < 1.29 is 18.3 Å². The monoisotopic (exact) mass is 482 g/mol. The van der Waals surface area contributed by atoms with Gasteiger partial charge in [-0.1, -0.05) is 40.7 Å². The van der Waals surface area contributed by atoms with Gasteiger partial charge < -0.3 is 9.67 Å². The van der Waals surface area contributed by atoms with Crippen LogP contribution in [0.4, 0.5) is 0 Å². The Morgan fingerprint density at radius 3 is 2.80 bits per heavy atom. The maximum atomic E-state index is 12.5. The summed E-state index contributed by atoms with van der Waals surface area (Å²) >= 11 is 13.5. The largest absolute Gasteiger partial charge is 0.481 e. The van der Waals surface area contributed by atoms with Crippen LogP contribution in [0.2, 0.25) is 10.0 Å². The van der Waals surface area contributed by atoms with Crippen molar-refractivity contribution in [2.75, 3.05) is 6.26 Å². The second-order valence-corrected chi connectivity index (χ2v) is 10.8. The van der Waals surface area contributed by atoms with E-state index in [1.807, 2.05) is 4.57 Å². The third kappa shape index (κ3) is 3.86. The van der Waals surface area contributed by atoms with E-state index in [0.29, 0.717) is 38.5 Å².